The molecule has 1 heterocycles. The number of aryl methyl sites for hydroxylation is 1. The molecule has 2 unspecified atom stereocenters. The van der Waals surface area contributed by atoms with Crippen molar-refractivity contribution in [1.29, 1.82) is 0 Å². The fraction of sp³-hybridized carbons (Fsp3) is 0.481. The molecule has 5 nitrogen and oxygen atoms in total. The van der Waals surface area contributed by atoms with Crippen LogP contribution in [0.4, 0.5) is 0 Å². The van der Waals surface area contributed by atoms with Gasteiger partial charge in [0.25, 0.3) is 0 Å². The van der Waals surface area contributed by atoms with Gasteiger partial charge in [-0.2, -0.15) is 0 Å². The number of para-hydroxylation sites is 1. The van der Waals surface area contributed by atoms with E-state index in [2.05, 4.69) is 19.1 Å². The molecule has 5 heteroatoms. The number of carbonyl (C=O) groups excluding carboxylic acids is 2. The summed E-state index contributed by atoms with van der Waals surface area (Å²) in [6, 6.07) is 17.9. The van der Waals surface area contributed by atoms with Gasteiger partial charge in [-0.3, -0.25) is 9.59 Å². The number of ether oxygens (including phenoxy) is 1. The molecule has 1 aliphatic rings. The Labute approximate surface area is 192 Å². The highest BCUT2D eigenvalue weighted by Gasteiger charge is 2.42. The van der Waals surface area contributed by atoms with E-state index in [1.807, 2.05) is 59.3 Å². The van der Waals surface area contributed by atoms with Gasteiger partial charge in [0, 0.05) is 32.1 Å². The zero-order chi connectivity index (χ0) is 22.9. The van der Waals surface area contributed by atoms with Crippen LogP contribution in [-0.2, 0) is 16.0 Å². The minimum absolute atomic E-state index is 0.114. The maximum atomic E-state index is 13.6. The lowest BCUT2D eigenvalue weighted by atomic mass is 9.82. The summed E-state index contributed by atoms with van der Waals surface area (Å²) in [7, 11) is 3.53. The molecule has 0 radical (unpaired) electrons. The first-order valence-electron chi connectivity index (χ1n) is 11.8. The molecule has 2 aromatic rings. The molecule has 2 atom stereocenters. The Bertz CT molecular complexity index is 883. The van der Waals surface area contributed by atoms with Gasteiger partial charge in [0.05, 0.1) is 19.1 Å². The van der Waals surface area contributed by atoms with Gasteiger partial charge in [0.15, 0.2) is 0 Å². The maximum Gasteiger partial charge on any atom is 0.227 e. The second-order valence-corrected chi connectivity index (χ2v) is 8.62. The van der Waals surface area contributed by atoms with E-state index in [9.17, 15) is 9.59 Å². The summed E-state index contributed by atoms with van der Waals surface area (Å²) in [6.45, 7) is 3.49. The van der Waals surface area contributed by atoms with Crippen LogP contribution in [-0.4, -0.2) is 48.9 Å². The number of rotatable bonds is 10. The van der Waals surface area contributed by atoms with Crippen LogP contribution in [0.2, 0.25) is 0 Å². The first-order valence-corrected chi connectivity index (χ1v) is 11.8. The minimum atomic E-state index is -0.289. The average molecular weight is 437 g/mol. The first-order chi connectivity index (χ1) is 15.6. The van der Waals surface area contributed by atoms with E-state index >= 15 is 0 Å². The lowest BCUT2D eigenvalue weighted by Gasteiger charge is -2.42. The third-order valence-corrected chi connectivity index (χ3v) is 6.41. The van der Waals surface area contributed by atoms with Crippen LogP contribution in [0.5, 0.6) is 5.75 Å². The third kappa shape index (κ3) is 5.70. The van der Waals surface area contributed by atoms with Crippen LogP contribution >= 0.6 is 0 Å². The molecule has 1 fully saturated rings. The normalized spacial score (nSPS) is 18.5. The van der Waals surface area contributed by atoms with Crippen molar-refractivity contribution in [2.24, 2.45) is 5.92 Å². The van der Waals surface area contributed by atoms with E-state index < -0.39 is 0 Å². The molecule has 0 bridgehead atoms. The summed E-state index contributed by atoms with van der Waals surface area (Å²) in [4.78, 5) is 30.3. The van der Waals surface area contributed by atoms with E-state index in [4.69, 9.17) is 4.74 Å². The SMILES string of the molecule is CCCCN1C(=O)CCC(C(=O)N(C)CCCc2ccccc2)C1c1ccccc1OC. The highest BCUT2D eigenvalue weighted by atomic mass is 16.5. The predicted octanol–water partition coefficient (Wildman–Crippen LogP) is 4.87. The molecule has 2 amide bonds. The number of nitrogens with zero attached hydrogens (tertiary/aromatic N) is 2. The molecule has 2 aromatic carbocycles. The number of piperidine rings is 1. The van der Waals surface area contributed by atoms with Gasteiger partial charge in [-0.05, 0) is 37.3 Å². The van der Waals surface area contributed by atoms with Gasteiger partial charge in [0.1, 0.15) is 5.75 Å². The Kier molecular flexibility index (Phi) is 8.72. The lowest BCUT2D eigenvalue weighted by molar-refractivity contribution is -0.147. The zero-order valence-corrected chi connectivity index (χ0v) is 19.6. The third-order valence-electron chi connectivity index (χ3n) is 6.41. The number of unbranched alkanes of at least 4 members (excludes halogenated alkanes) is 1. The number of benzene rings is 2. The summed E-state index contributed by atoms with van der Waals surface area (Å²) >= 11 is 0. The fourth-order valence-electron chi connectivity index (χ4n) is 4.66. The Morgan fingerprint density at radius 2 is 1.81 bits per heavy atom. The Hall–Kier alpha value is -2.82. The summed E-state index contributed by atoms with van der Waals surface area (Å²) in [5.74, 6) is 0.717. The van der Waals surface area contributed by atoms with Crippen LogP contribution in [0, 0.1) is 5.92 Å². The Balaban J connectivity index is 1.79. The molecule has 0 N–H and O–H groups in total. The van der Waals surface area contributed by atoms with Gasteiger partial charge in [0.2, 0.25) is 11.8 Å². The molecule has 32 heavy (non-hydrogen) atoms. The van der Waals surface area contributed by atoms with Crippen molar-refractivity contribution in [3.05, 3.63) is 65.7 Å². The van der Waals surface area contributed by atoms with E-state index in [-0.39, 0.29) is 23.8 Å². The summed E-state index contributed by atoms with van der Waals surface area (Å²) < 4.78 is 5.63. The highest BCUT2D eigenvalue weighted by molar-refractivity contribution is 5.85. The number of methoxy groups -OCH3 is 1. The number of hydrogen-bond donors (Lipinski definition) is 0. The number of amides is 2. The van der Waals surface area contributed by atoms with Gasteiger partial charge < -0.3 is 14.5 Å². The molecule has 1 saturated heterocycles. The topological polar surface area (TPSA) is 49.9 Å². The Morgan fingerprint density at radius 1 is 1.09 bits per heavy atom. The van der Waals surface area contributed by atoms with Crippen molar-refractivity contribution >= 4 is 11.8 Å². The highest BCUT2D eigenvalue weighted by Crippen LogP contribution is 2.41. The summed E-state index contributed by atoms with van der Waals surface area (Å²) in [6.07, 6.45) is 4.78. The van der Waals surface area contributed by atoms with Crippen molar-refractivity contribution in [3.63, 3.8) is 0 Å². The number of carbonyl (C=O) groups is 2. The zero-order valence-electron chi connectivity index (χ0n) is 19.6. The van der Waals surface area contributed by atoms with Crippen molar-refractivity contribution in [2.45, 2.75) is 51.5 Å². The first kappa shape index (κ1) is 23.8. The van der Waals surface area contributed by atoms with Crippen LogP contribution in [0.1, 0.15) is 56.2 Å². The molecule has 1 aliphatic heterocycles. The van der Waals surface area contributed by atoms with Crippen LogP contribution in [0.25, 0.3) is 0 Å². The smallest absolute Gasteiger partial charge is 0.227 e. The van der Waals surface area contributed by atoms with E-state index in [0.717, 1.165) is 37.0 Å². The largest absolute Gasteiger partial charge is 0.496 e. The van der Waals surface area contributed by atoms with E-state index in [1.54, 1.807) is 7.11 Å². The predicted molar refractivity (Wildman–Crippen MR) is 127 cm³/mol. The average Bonchev–Trinajstić information content (AvgIpc) is 2.83. The summed E-state index contributed by atoms with van der Waals surface area (Å²) in [5.41, 5.74) is 2.21. The molecule has 0 aromatic heterocycles. The van der Waals surface area contributed by atoms with Crippen molar-refractivity contribution in [3.8, 4) is 5.75 Å². The number of hydrogen-bond acceptors (Lipinski definition) is 3. The standard InChI is InChI=1S/C27H36N2O3/c1-4-5-20-29-25(30)18-17-23(26(29)22-15-9-10-16-24(22)32-3)27(31)28(2)19-11-14-21-12-7-6-8-13-21/h6-10,12-13,15-16,23,26H,4-5,11,14,17-20H2,1-3H3. The molecular formula is C27H36N2O3. The molecule has 0 aliphatic carbocycles. The maximum absolute atomic E-state index is 13.6. The van der Waals surface area contributed by atoms with E-state index in [1.165, 1.54) is 5.56 Å². The van der Waals surface area contributed by atoms with Gasteiger partial charge in [-0.1, -0.05) is 61.9 Å². The quantitative estimate of drug-likeness (QED) is 0.534. The number of likely N-dealkylation sites (tertiary alicyclic amines) is 1. The molecule has 0 saturated carbocycles. The molecule has 3 rings (SSSR count). The van der Waals surface area contributed by atoms with Gasteiger partial charge in [-0.25, -0.2) is 0 Å². The second kappa shape index (κ2) is 11.7. The van der Waals surface area contributed by atoms with Crippen LogP contribution < -0.4 is 4.74 Å². The Morgan fingerprint density at radius 3 is 2.53 bits per heavy atom. The van der Waals surface area contributed by atoms with Gasteiger partial charge in [-0.15, -0.1) is 0 Å². The van der Waals surface area contributed by atoms with Crippen molar-refractivity contribution < 1.29 is 14.3 Å². The van der Waals surface area contributed by atoms with Crippen LogP contribution in [0.15, 0.2) is 54.6 Å². The van der Waals surface area contributed by atoms with Crippen molar-refractivity contribution in [1.82, 2.24) is 9.80 Å². The lowest BCUT2D eigenvalue weighted by Crippen LogP contribution is -2.49. The van der Waals surface area contributed by atoms with Gasteiger partial charge >= 0.3 is 0 Å². The summed E-state index contributed by atoms with van der Waals surface area (Å²) in [5, 5.41) is 0. The second-order valence-electron chi connectivity index (χ2n) is 8.62. The fourth-order valence-corrected chi connectivity index (χ4v) is 4.66. The van der Waals surface area contributed by atoms with Crippen molar-refractivity contribution in [2.75, 3.05) is 27.2 Å². The molecule has 172 valence electrons. The van der Waals surface area contributed by atoms with Crippen LogP contribution in [0.3, 0.4) is 0 Å². The van der Waals surface area contributed by atoms with E-state index in [0.29, 0.717) is 25.9 Å². The minimum Gasteiger partial charge on any atom is -0.496 e. The molecular weight excluding hydrogens is 400 g/mol. The monoisotopic (exact) mass is 436 g/mol. The molecule has 0 spiro atoms.